The topological polar surface area (TPSA) is 38.3 Å². The third-order valence-corrected chi connectivity index (χ3v) is 0.846. The smallest absolute Gasteiger partial charge is 0.194 e. The predicted molar refractivity (Wildman–Crippen MR) is 43.3 cm³/mol. The lowest BCUT2D eigenvalue weighted by Gasteiger charge is -2.10. The highest BCUT2D eigenvalue weighted by molar-refractivity contribution is 9.18. The Labute approximate surface area is 69.3 Å². The molecule has 0 aromatic carbocycles. The number of hydrogen-bond acceptors (Lipinski definition) is 3. The third-order valence-electron chi connectivity index (χ3n) is 0.846. The van der Waals surface area contributed by atoms with Gasteiger partial charge in [0.05, 0.1) is 13.2 Å². The summed E-state index contributed by atoms with van der Waals surface area (Å²) < 4.78 is 4.99. The van der Waals surface area contributed by atoms with Gasteiger partial charge in [-0.3, -0.25) is 4.79 Å². The fourth-order valence-corrected chi connectivity index (χ4v) is 0.516. The van der Waals surface area contributed by atoms with Crippen molar-refractivity contribution >= 4 is 20.6 Å². The van der Waals surface area contributed by atoms with Crippen LogP contribution < -0.4 is 5.32 Å². The Bertz CT molecular complexity index is 78.2. The van der Waals surface area contributed by atoms with E-state index >= 15 is 0 Å². The SMILES string of the molecule is C1COCCN1.CC(=O)Br. The van der Waals surface area contributed by atoms with Gasteiger partial charge in [-0.1, -0.05) is 0 Å². The maximum absolute atomic E-state index is 9.36. The number of halogens is 1. The summed E-state index contributed by atoms with van der Waals surface area (Å²) in [6.07, 6.45) is 0. The number of hydrogen-bond donors (Lipinski definition) is 1. The number of carbonyl (C=O) groups is 1. The van der Waals surface area contributed by atoms with Gasteiger partial charge in [0, 0.05) is 20.0 Å². The second-order valence-electron chi connectivity index (χ2n) is 1.83. The monoisotopic (exact) mass is 209 g/mol. The van der Waals surface area contributed by atoms with Crippen LogP contribution in [0.3, 0.4) is 0 Å². The highest BCUT2D eigenvalue weighted by Gasteiger charge is 1.92. The molecule has 0 unspecified atom stereocenters. The van der Waals surface area contributed by atoms with E-state index in [9.17, 15) is 4.79 Å². The summed E-state index contributed by atoms with van der Waals surface area (Å²) in [6, 6.07) is 0. The first kappa shape index (κ1) is 10.1. The van der Waals surface area contributed by atoms with Crippen molar-refractivity contribution in [3.63, 3.8) is 0 Å². The Morgan fingerprint density at radius 3 is 2.00 bits per heavy atom. The van der Waals surface area contributed by atoms with Crippen LogP contribution >= 0.6 is 15.9 Å². The summed E-state index contributed by atoms with van der Waals surface area (Å²) in [6.45, 7) is 5.28. The minimum absolute atomic E-state index is 0.0208. The average molecular weight is 210 g/mol. The Morgan fingerprint density at radius 1 is 1.50 bits per heavy atom. The molecule has 3 nitrogen and oxygen atoms in total. The molecular weight excluding hydrogens is 198 g/mol. The van der Waals surface area contributed by atoms with Gasteiger partial charge in [0.15, 0.2) is 4.69 Å². The number of carbonyl (C=O) groups excluding carboxylic acids is 1. The normalized spacial score (nSPS) is 17.0. The van der Waals surface area contributed by atoms with Crippen molar-refractivity contribution in [2.24, 2.45) is 0 Å². The second-order valence-corrected chi connectivity index (χ2v) is 2.95. The molecule has 0 atom stereocenters. The van der Waals surface area contributed by atoms with E-state index in [1.54, 1.807) is 0 Å². The molecule has 0 radical (unpaired) electrons. The largest absolute Gasteiger partial charge is 0.379 e. The number of morpholine rings is 1. The molecule has 1 heterocycles. The van der Waals surface area contributed by atoms with E-state index in [-0.39, 0.29) is 4.69 Å². The first-order valence-corrected chi connectivity index (χ1v) is 3.97. The Balaban J connectivity index is 0.000000180. The molecule has 1 N–H and O–H groups in total. The molecule has 0 saturated carbocycles. The van der Waals surface area contributed by atoms with Crippen molar-refractivity contribution in [1.29, 1.82) is 0 Å². The summed E-state index contributed by atoms with van der Waals surface area (Å²) >= 11 is 2.63. The highest BCUT2D eigenvalue weighted by Crippen LogP contribution is 1.76. The molecule has 0 aromatic rings. The lowest BCUT2D eigenvalue weighted by molar-refractivity contribution is -0.108. The van der Waals surface area contributed by atoms with Crippen molar-refractivity contribution in [3.8, 4) is 0 Å². The Hall–Kier alpha value is 0.0700. The molecule has 0 aromatic heterocycles. The molecule has 1 fully saturated rings. The summed E-state index contributed by atoms with van der Waals surface area (Å²) in [5, 5.41) is 3.16. The molecule has 0 bridgehead atoms. The number of rotatable bonds is 0. The fourth-order valence-electron chi connectivity index (χ4n) is 0.516. The average Bonchev–Trinajstić information content (AvgIpc) is 1.90. The lowest BCUT2D eigenvalue weighted by atomic mass is 10.5. The van der Waals surface area contributed by atoms with Crippen LogP contribution in [0, 0.1) is 0 Å². The van der Waals surface area contributed by atoms with Crippen LogP contribution in [0.1, 0.15) is 6.92 Å². The van der Waals surface area contributed by atoms with Crippen LogP contribution in [0.2, 0.25) is 0 Å². The van der Waals surface area contributed by atoms with E-state index in [0.717, 1.165) is 26.3 Å². The molecule has 60 valence electrons. The summed E-state index contributed by atoms with van der Waals surface area (Å²) in [5.41, 5.74) is 0. The van der Waals surface area contributed by atoms with E-state index in [4.69, 9.17) is 4.74 Å². The molecule has 1 aliphatic rings. The predicted octanol–water partition coefficient (Wildman–Crippen LogP) is 0.534. The quantitative estimate of drug-likeness (QED) is 0.593. The number of nitrogens with one attached hydrogen (secondary N) is 1. The van der Waals surface area contributed by atoms with Crippen molar-refractivity contribution < 1.29 is 9.53 Å². The van der Waals surface area contributed by atoms with E-state index < -0.39 is 0 Å². The molecule has 1 aliphatic heterocycles. The maximum Gasteiger partial charge on any atom is 0.194 e. The van der Waals surface area contributed by atoms with Crippen LogP contribution in [0.15, 0.2) is 0 Å². The van der Waals surface area contributed by atoms with Crippen LogP contribution in [-0.2, 0) is 9.53 Å². The van der Waals surface area contributed by atoms with Gasteiger partial charge in [0.25, 0.3) is 0 Å². The minimum Gasteiger partial charge on any atom is -0.379 e. The van der Waals surface area contributed by atoms with E-state index in [1.807, 2.05) is 0 Å². The molecular formula is C6H12BrNO2. The zero-order valence-corrected chi connectivity index (χ0v) is 7.61. The van der Waals surface area contributed by atoms with Gasteiger partial charge in [-0.25, -0.2) is 0 Å². The van der Waals surface area contributed by atoms with E-state index in [0.29, 0.717) is 0 Å². The summed E-state index contributed by atoms with van der Waals surface area (Å²) in [7, 11) is 0. The summed E-state index contributed by atoms with van der Waals surface area (Å²) in [4.78, 5) is 9.36. The Morgan fingerprint density at radius 2 is 1.90 bits per heavy atom. The van der Waals surface area contributed by atoms with Crippen LogP contribution in [0.5, 0.6) is 0 Å². The van der Waals surface area contributed by atoms with Gasteiger partial charge in [0.1, 0.15) is 0 Å². The first-order valence-electron chi connectivity index (χ1n) is 3.18. The van der Waals surface area contributed by atoms with Gasteiger partial charge < -0.3 is 10.1 Å². The standard InChI is InChI=1S/C4H9NO.C2H3BrO/c1-3-6-4-2-5-1;1-2(3)4/h5H,1-4H2;1H3. The van der Waals surface area contributed by atoms with Crippen molar-refractivity contribution in [3.05, 3.63) is 0 Å². The van der Waals surface area contributed by atoms with E-state index in [1.165, 1.54) is 6.92 Å². The molecule has 1 rings (SSSR count). The van der Waals surface area contributed by atoms with Crippen LogP contribution in [-0.4, -0.2) is 31.0 Å². The fraction of sp³-hybridized carbons (Fsp3) is 0.833. The molecule has 0 spiro atoms. The zero-order chi connectivity index (χ0) is 7.82. The van der Waals surface area contributed by atoms with Gasteiger partial charge in [-0.15, -0.1) is 0 Å². The maximum atomic E-state index is 9.36. The molecule has 4 heteroatoms. The van der Waals surface area contributed by atoms with Gasteiger partial charge >= 0.3 is 0 Å². The number of ether oxygens (including phenoxy) is 1. The Kier molecular flexibility index (Phi) is 7.23. The van der Waals surface area contributed by atoms with Gasteiger partial charge in [-0.2, -0.15) is 0 Å². The molecule has 0 aliphatic carbocycles. The van der Waals surface area contributed by atoms with Crippen molar-refractivity contribution in [2.75, 3.05) is 26.3 Å². The highest BCUT2D eigenvalue weighted by atomic mass is 79.9. The van der Waals surface area contributed by atoms with Gasteiger partial charge in [-0.05, 0) is 15.9 Å². The molecule has 10 heavy (non-hydrogen) atoms. The molecule has 1 saturated heterocycles. The lowest BCUT2D eigenvalue weighted by Crippen LogP contribution is -2.30. The zero-order valence-electron chi connectivity index (χ0n) is 6.02. The summed E-state index contributed by atoms with van der Waals surface area (Å²) in [5.74, 6) is 0. The molecule has 0 amide bonds. The van der Waals surface area contributed by atoms with Crippen molar-refractivity contribution in [2.45, 2.75) is 6.92 Å². The minimum atomic E-state index is -0.0208. The van der Waals surface area contributed by atoms with Crippen LogP contribution in [0.4, 0.5) is 0 Å². The second kappa shape index (κ2) is 7.18. The van der Waals surface area contributed by atoms with E-state index in [2.05, 4.69) is 21.2 Å². The van der Waals surface area contributed by atoms with Crippen molar-refractivity contribution in [1.82, 2.24) is 5.32 Å². The first-order chi connectivity index (χ1) is 4.73. The third kappa shape index (κ3) is 10.9. The van der Waals surface area contributed by atoms with Gasteiger partial charge in [0.2, 0.25) is 0 Å². The van der Waals surface area contributed by atoms with Crippen LogP contribution in [0.25, 0.3) is 0 Å².